The molecule has 0 spiro atoms. The van der Waals surface area contributed by atoms with Crippen LogP contribution >= 0.6 is 24.0 Å². The van der Waals surface area contributed by atoms with Gasteiger partial charge in [0.1, 0.15) is 5.75 Å². The molecule has 0 N–H and O–H groups in total. The lowest BCUT2D eigenvalue weighted by atomic mass is 9.83. The van der Waals surface area contributed by atoms with Crippen molar-refractivity contribution in [2.75, 3.05) is 20.6 Å². The highest BCUT2D eigenvalue weighted by atomic mass is 35.5. The summed E-state index contributed by atoms with van der Waals surface area (Å²) in [7, 11) is 3.99. The summed E-state index contributed by atoms with van der Waals surface area (Å²) in [4.78, 5) is 26.9. The Balaban J connectivity index is 0.00000300. The first-order chi connectivity index (χ1) is 13.4. The van der Waals surface area contributed by atoms with E-state index in [2.05, 4.69) is 4.90 Å². The van der Waals surface area contributed by atoms with E-state index in [0.717, 1.165) is 36.9 Å². The van der Waals surface area contributed by atoms with Gasteiger partial charge in [0.2, 0.25) is 0 Å². The van der Waals surface area contributed by atoms with Crippen LogP contribution in [0.25, 0.3) is 6.08 Å². The third kappa shape index (κ3) is 6.43. The van der Waals surface area contributed by atoms with E-state index >= 15 is 0 Å². The molecule has 1 aliphatic carbocycles. The van der Waals surface area contributed by atoms with Crippen LogP contribution in [0.3, 0.4) is 0 Å². The van der Waals surface area contributed by atoms with Crippen molar-refractivity contribution in [1.82, 2.24) is 4.90 Å². The Morgan fingerprint density at radius 3 is 2.41 bits per heavy atom. The van der Waals surface area contributed by atoms with Gasteiger partial charge in [-0.25, -0.2) is 4.79 Å². The van der Waals surface area contributed by atoms with Gasteiger partial charge >= 0.3 is 5.97 Å². The Kier molecular flexibility index (Phi) is 8.45. The minimum absolute atomic E-state index is 0. The van der Waals surface area contributed by atoms with Crippen molar-refractivity contribution < 1.29 is 14.3 Å². The van der Waals surface area contributed by atoms with Gasteiger partial charge in [0.25, 0.3) is 0 Å². The number of hydrogen-bond donors (Lipinski definition) is 0. The molecule has 0 aliphatic heterocycles. The van der Waals surface area contributed by atoms with Crippen molar-refractivity contribution in [2.24, 2.45) is 5.92 Å². The third-order valence-electron chi connectivity index (χ3n) is 4.78. The van der Waals surface area contributed by atoms with Crippen molar-refractivity contribution in [3.05, 3.63) is 70.3 Å². The maximum Gasteiger partial charge on any atom is 0.343 e. The molecule has 0 amide bonds. The summed E-state index contributed by atoms with van der Waals surface area (Å²) in [6.07, 6.45) is 4.76. The van der Waals surface area contributed by atoms with E-state index in [4.69, 9.17) is 16.3 Å². The fraction of sp³-hybridized carbons (Fsp3) is 0.304. The molecule has 0 heterocycles. The molecule has 1 aliphatic rings. The summed E-state index contributed by atoms with van der Waals surface area (Å²) in [5.74, 6) is 0.354. The molecule has 0 radical (unpaired) electrons. The molecule has 4 nitrogen and oxygen atoms in total. The van der Waals surface area contributed by atoms with E-state index in [0.29, 0.717) is 16.3 Å². The summed E-state index contributed by atoms with van der Waals surface area (Å²) in [6.45, 7) is 0.787. The zero-order chi connectivity index (χ0) is 20.1. The minimum Gasteiger partial charge on any atom is -0.423 e. The Bertz CT molecular complexity index is 874. The number of allylic oxidation sites excluding steroid dienone is 1. The molecular formula is C23H25Cl2NO3. The van der Waals surface area contributed by atoms with Crippen molar-refractivity contribution in [3.63, 3.8) is 0 Å². The van der Waals surface area contributed by atoms with E-state index in [1.165, 1.54) is 0 Å². The number of ether oxygens (including phenoxy) is 1. The summed E-state index contributed by atoms with van der Waals surface area (Å²) in [6, 6.07) is 13.8. The fourth-order valence-corrected chi connectivity index (χ4v) is 3.52. The second-order valence-corrected chi connectivity index (χ2v) is 7.79. The number of esters is 1. The number of rotatable bonds is 5. The van der Waals surface area contributed by atoms with Gasteiger partial charge in [-0.05, 0) is 87.0 Å². The molecule has 29 heavy (non-hydrogen) atoms. The van der Waals surface area contributed by atoms with Crippen LogP contribution < -0.4 is 4.74 Å². The largest absolute Gasteiger partial charge is 0.423 e. The number of ketones is 1. The molecule has 2 aromatic carbocycles. The summed E-state index contributed by atoms with van der Waals surface area (Å²) in [5, 5.41) is 0.569. The quantitative estimate of drug-likeness (QED) is 0.364. The van der Waals surface area contributed by atoms with Crippen LogP contribution in [0.2, 0.25) is 5.02 Å². The number of hydrogen-bond acceptors (Lipinski definition) is 4. The van der Waals surface area contributed by atoms with Gasteiger partial charge in [0.15, 0.2) is 5.78 Å². The lowest BCUT2D eigenvalue weighted by Gasteiger charge is -2.25. The first kappa shape index (κ1) is 23.1. The standard InChI is InChI=1S/C23H24ClNO3.ClH/c1-25(2)15-19-5-3-4-18(22(19)26)14-16-6-12-21(13-7-16)28-23(27)17-8-10-20(24)11-9-17;/h6-14,19H,3-5,15H2,1-2H3;1H/b18-14+;. The molecule has 6 heteroatoms. The Hall–Kier alpha value is -2.14. The molecular weight excluding hydrogens is 409 g/mol. The highest BCUT2D eigenvalue weighted by Crippen LogP contribution is 2.28. The molecule has 1 fully saturated rings. The van der Waals surface area contributed by atoms with E-state index in [1.807, 2.05) is 32.3 Å². The third-order valence-corrected chi connectivity index (χ3v) is 5.03. The maximum absolute atomic E-state index is 12.7. The lowest BCUT2D eigenvalue weighted by Crippen LogP contribution is -2.31. The van der Waals surface area contributed by atoms with E-state index in [-0.39, 0.29) is 24.1 Å². The molecule has 1 unspecified atom stereocenters. The highest BCUT2D eigenvalue weighted by Gasteiger charge is 2.26. The summed E-state index contributed by atoms with van der Waals surface area (Å²) < 4.78 is 5.39. The number of halogens is 2. The van der Waals surface area contributed by atoms with Crippen molar-refractivity contribution in [1.29, 1.82) is 0 Å². The van der Waals surface area contributed by atoms with Crippen LogP contribution in [-0.2, 0) is 4.79 Å². The number of benzene rings is 2. The van der Waals surface area contributed by atoms with Crippen LogP contribution in [0.1, 0.15) is 35.2 Å². The predicted molar refractivity (Wildman–Crippen MR) is 119 cm³/mol. The van der Waals surface area contributed by atoms with E-state index < -0.39 is 5.97 Å². The smallest absolute Gasteiger partial charge is 0.343 e. The average Bonchev–Trinajstić information content (AvgIpc) is 2.66. The summed E-state index contributed by atoms with van der Waals surface area (Å²) in [5.41, 5.74) is 2.25. The second kappa shape index (κ2) is 10.6. The van der Waals surface area contributed by atoms with Crippen molar-refractivity contribution >= 4 is 41.8 Å². The molecule has 0 saturated heterocycles. The summed E-state index contributed by atoms with van der Waals surface area (Å²) >= 11 is 5.83. The Morgan fingerprint density at radius 1 is 1.14 bits per heavy atom. The van der Waals surface area contributed by atoms with Crippen LogP contribution in [0.15, 0.2) is 54.1 Å². The van der Waals surface area contributed by atoms with Gasteiger partial charge in [-0.2, -0.15) is 0 Å². The minimum atomic E-state index is -0.434. The van der Waals surface area contributed by atoms with E-state index in [9.17, 15) is 9.59 Å². The zero-order valence-electron chi connectivity index (χ0n) is 16.6. The number of carbonyl (C=O) groups excluding carboxylic acids is 2. The Labute approximate surface area is 182 Å². The van der Waals surface area contributed by atoms with Gasteiger partial charge in [0.05, 0.1) is 5.56 Å². The van der Waals surface area contributed by atoms with Gasteiger partial charge in [0, 0.05) is 17.5 Å². The maximum atomic E-state index is 12.7. The van der Waals surface area contributed by atoms with Crippen molar-refractivity contribution in [2.45, 2.75) is 19.3 Å². The second-order valence-electron chi connectivity index (χ2n) is 7.35. The molecule has 0 bridgehead atoms. The molecule has 2 aromatic rings. The molecule has 1 saturated carbocycles. The Morgan fingerprint density at radius 2 is 1.79 bits per heavy atom. The first-order valence-electron chi connectivity index (χ1n) is 9.39. The van der Waals surface area contributed by atoms with Crippen LogP contribution in [0.4, 0.5) is 0 Å². The normalized spacial score (nSPS) is 17.9. The SMILES string of the molecule is CN(C)CC1CCC/C(=C\c2ccc(OC(=O)c3ccc(Cl)cc3)cc2)C1=O.Cl. The van der Waals surface area contributed by atoms with Crippen molar-refractivity contribution in [3.8, 4) is 5.75 Å². The van der Waals surface area contributed by atoms with Crippen LogP contribution in [-0.4, -0.2) is 37.3 Å². The van der Waals surface area contributed by atoms with Gasteiger partial charge in [-0.1, -0.05) is 23.7 Å². The van der Waals surface area contributed by atoms with Crippen LogP contribution in [0.5, 0.6) is 5.75 Å². The van der Waals surface area contributed by atoms with E-state index in [1.54, 1.807) is 36.4 Å². The van der Waals surface area contributed by atoms with Crippen LogP contribution in [0, 0.1) is 5.92 Å². The number of nitrogens with zero attached hydrogens (tertiary/aromatic N) is 1. The fourth-order valence-electron chi connectivity index (χ4n) is 3.40. The van der Waals surface area contributed by atoms with Gasteiger partial charge < -0.3 is 9.64 Å². The average molecular weight is 434 g/mol. The molecule has 3 rings (SSSR count). The zero-order valence-corrected chi connectivity index (χ0v) is 18.1. The molecule has 154 valence electrons. The number of Topliss-reactive ketones (excluding diaryl/α,β-unsaturated/α-hetero) is 1. The monoisotopic (exact) mass is 433 g/mol. The molecule has 0 aromatic heterocycles. The lowest BCUT2D eigenvalue weighted by molar-refractivity contribution is -0.120. The predicted octanol–water partition coefficient (Wildman–Crippen LogP) is 5.30. The highest BCUT2D eigenvalue weighted by molar-refractivity contribution is 6.30. The number of carbonyl (C=O) groups is 2. The topological polar surface area (TPSA) is 46.6 Å². The molecule has 1 atom stereocenters. The first-order valence-corrected chi connectivity index (χ1v) is 9.77. The van der Waals surface area contributed by atoms with Gasteiger partial charge in [-0.3, -0.25) is 4.79 Å². The van der Waals surface area contributed by atoms with Gasteiger partial charge in [-0.15, -0.1) is 12.4 Å².